The maximum absolute atomic E-state index is 12.8. The first-order chi connectivity index (χ1) is 21.3. The number of esters is 2. The van der Waals surface area contributed by atoms with Gasteiger partial charge in [0.15, 0.2) is 10.9 Å². The van der Waals surface area contributed by atoms with Crippen LogP contribution < -0.4 is 15.6 Å². The second kappa shape index (κ2) is 13.5. The van der Waals surface area contributed by atoms with Crippen molar-refractivity contribution >= 4 is 86.6 Å². The molecule has 10 heteroatoms. The van der Waals surface area contributed by atoms with E-state index in [4.69, 9.17) is 25.8 Å². The van der Waals surface area contributed by atoms with E-state index in [2.05, 4.69) is 0 Å². The van der Waals surface area contributed by atoms with Crippen LogP contribution in [0.3, 0.4) is 0 Å². The van der Waals surface area contributed by atoms with Gasteiger partial charge in [0.1, 0.15) is 5.75 Å². The van der Waals surface area contributed by atoms with Crippen LogP contribution in [0.5, 0.6) is 5.75 Å². The Morgan fingerprint density at radius 3 is 1.61 bits per heavy atom. The molecule has 0 spiro atoms. The fourth-order valence-electron chi connectivity index (χ4n) is 4.78. The monoisotopic (exact) mass is 646 g/mol. The van der Waals surface area contributed by atoms with E-state index in [0.29, 0.717) is 43.6 Å². The lowest BCUT2D eigenvalue weighted by Crippen LogP contribution is -2.11. The SMILES string of the molecule is CCOC(=O)c1cc(Cl)cc2sc3ccccc3c(=O)c12.CCOC(=O)c1cc(OCC)cc2sc3ccccc3c(=O)c12. The molecule has 7 nitrogen and oxygen atoms in total. The molecule has 6 rings (SSSR count). The molecule has 0 fully saturated rings. The lowest BCUT2D eigenvalue weighted by molar-refractivity contribution is 0.0519. The molecule has 6 aromatic rings. The smallest absolute Gasteiger partial charge is 0.339 e. The zero-order valence-corrected chi connectivity index (χ0v) is 26.5. The Balaban J connectivity index is 0.000000175. The summed E-state index contributed by atoms with van der Waals surface area (Å²) >= 11 is 8.97. The normalized spacial score (nSPS) is 10.9. The lowest BCUT2D eigenvalue weighted by atomic mass is 10.1. The first-order valence-corrected chi connectivity index (χ1v) is 15.9. The topological polar surface area (TPSA) is 96.0 Å². The van der Waals surface area contributed by atoms with Crippen LogP contribution in [0.15, 0.2) is 82.4 Å². The van der Waals surface area contributed by atoms with Gasteiger partial charge in [-0.1, -0.05) is 35.9 Å². The highest BCUT2D eigenvalue weighted by molar-refractivity contribution is 7.25. The van der Waals surface area contributed by atoms with Crippen molar-refractivity contribution in [3.05, 3.63) is 109 Å². The fraction of sp³-hybridized carbons (Fsp3) is 0.176. The Morgan fingerprint density at radius 2 is 1.11 bits per heavy atom. The van der Waals surface area contributed by atoms with Crippen molar-refractivity contribution in [3.8, 4) is 5.75 Å². The summed E-state index contributed by atoms with van der Waals surface area (Å²) in [5.74, 6) is -0.461. The summed E-state index contributed by atoms with van der Waals surface area (Å²) in [5, 5.41) is 2.40. The Hall–Kier alpha value is -4.31. The maximum Gasteiger partial charge on any atom is 0.339 e. The summed E-state index contributed by atoms with van der Waals surface area (Å²) < 4.78 is 18.8. The van der Waals surface area contributed by atoms with Crippen molar-refractivity contribution in [3.63, 3.8) is 0 Å². The average molecular weight is 647 g/mol. The van der Waals surface area contributed by atoms with Crippen molar-refractivity contribution < 1.29 is 23.8 Å². The first kappa shape index (κ1) is 31.1. The van der Waals surface area contributed by atoms with E-state index in [0.717, 1.165) is 14.1 Å². The minimum atomic E-state index is -0.524. The summed E-state index contributed by atoms with van der Waals surface area (Å²) in [7, 11) is 0. The molecule has 0 aliphatic carbocycles. The molecule has 2 heterocycles. The standard InChI is InChI=1S/C18H16O4S.C16H11ClO3S/c1-3-21-11-9-13(18(20)22-4-2)16-15(10-11)23-14-8-6-5-7-12(14)17(16)19;1-2-20-16(19)11-7-9(17)8-13-14(11)15(18)10-5-3-4-6-12(10)21-13/h5-10H,3-4H2,1-2H3;3-8H,2H2,1H3. The lowest BCUT2D eigenvalue weighted by Gasteiger charge is -2.10. The van der Waals surface area contributed by atoms with Gasteiger partial charge in [0.05, 0.1) is 41.7 Å². The van der Waals surface area contributed by atoms with E-state index >= 15 is 0 Å². The van der Waals surface area contributed by atoms with Crippen LogP contribution in [0.4, 0.5) is 0 Å². The molecule has 2 aromatic heterocycles. The molecule has 0 unspecified atom stereocenters. The van der Waals surface area contributed by atoms with E-state index in [9.17, 15) is 19.2 Å². The van der Waals surface area contributed by atoms with Gasteiger partial charge >= 0.3 is 11.9 Å². The van der Waals surface area contributed by atoms with Crippen LogP contribution in [-0.2, 0) is 9.47 Å². The number of hydrogen-bond acceptors (Lipinski definition) is 9. The van der Waals surface area contributed by atoms with Crippen molar-refractivity contribution in [1.82, 2.24) is 0 Å². The number of ether oxygens (including phenoxy) is 3. The van der Waals surface area contributed by atoms with E-state index < -0.39 is 11.9 Å². The van der Waals surface area contributed by atoms with E-state index in [1.54, 1.807) is 44.2 Å². The number of benzene rings is 4. The van der Waals surface area contributed by atoms with Crippen LogP contribution in [-0.4, -0.2) is 31.8 Å². The van der Waals surface area contributed by atoms with Crippen molar-refractivity contribution in [1.29, 1.82) is 0 Å². The maximum atomic E-state index is 12.8. The quantitative estimate of drug-likeness (QED) is 0.133. The highest BCUT2D eigenvalue weighted by Crippen LogP contribution is 2.32. The van der Waals surface area contributed by atoms with Crippen LogP contribution in [0.2, 0.25) is 5.02 Å². The number of hydrogen-bond donors (Lipinski definition) is 0. The average Bonchev–Trinajstić information content (AvgIpc) is 3.01. The molecule has 0 saturated carbocycles. The number of fused-ring (bicyclic) bond motifs is 4. The van der Waals surface area contributed by atoms with Gasteiger partial charge in [-0.2, -0.15) is 0 Å². The van der Waals surface area contributed by atoms with E-state index in [-0.39, 0.29) is 35.2 Å². The third-order valence-electron chi connectivity index (χ3n) is 6.60. The zero-order chi connectivity index (χ0) is 31.4. The van der Waals surface area contributed by atoms with Crippen LogP contribution in [0, 0.1) is 0 Å². The highest BCUT2D eigenvalue weighted by atomic mass is 35.5. The van der Waals surface area contributed by atoms with Crippen LogP contribution in [0.25, 0.3) is 40.3 Å². The number of carbonyl (C=O) groups excluding carboxylic acids is 2. The van der Waals surface area contributed by atoms with Crippen LogP contribution >= 0.6 is 34.3 Å². The largest absolute Gasteiger partial charge is 0.494 e. The van der Waals surface area contributed by atoms with Crippen molar-refractivity contribution in [2.24, 2.45) is 0 Å². The number of rotatable bonds is 6. The molecule has 0 atom stereocenters. The molecule has 0 aliphatic rings. The molecule has 4 aromatic carbocycles. The summed E-state index contributed by atoms with van der Waals surface area (Å²) in [6.07, 6.45) is 0. The Morgan fingerprint density at radius 1 is 0.636 bits per heavy atom. The molecule has 0 saturated heterocycles. The summed E-state index contributed by atoms with van der Waals surface area (Å²) in [6.45, 7) is 6.32. The predicted molar refractivity (Wildman–Crippen MR) is 179 cm³/mol. The zero-order valence-electron chi connectivity index (χ0n) is 24.1. The molecule has 0 radical (unpaired) electrons. The summed E-state index contributed by atoms with van der Waals surface area (Å²) in [4.78, 5) is 49.9. The first-order valence-electron chi connectivity index (χ1n) is 13.9. The molecule has 0 amide bonds. The number of halogens is 1. The van der Waals surface area contributed by atoms with E-state index in [1.165, 1.54) is 28.7 Å². The van der Waals surface area contributed by atoms with Gasteiger partial charge < -0.3 is 14.2 Å². The van der Waals surface area contributed by atoms with Crippen molar-refractivity contribution in [2.75, 3.05) is 19.8 Å². The summed E-state index contributed by atoms with van der Waals surface area (Å²) in [6, 6.07) is 21.3. The van der Waals surface area contributed by atoms with Crippen LogP contribution in [0.1, 0.15) is 41.5 Å². The predicted octanol–water partition coefficient (Wildman–Crippen LogP) is 8.23. The minimum absolute atomic E-state index is 0.152. The molecule has 0 N–H and O–H groups in total. The molecule has 224 valence electrons. The third-order valence-corrected chi connectivity index (χ3v) is 9.06. The molecule has 44 heavy (non-hydrogen) atoms. The minimum Gasteiger partial charge on any atom is -0.494 e. The molecule has 0 aliphatic heterocycles. The molecular formula is C34H27ClO7S2. The van der Waals surface area contributed by atoms with Gasteiger partial charge in [-0.25, -0.2) is 9.59 Å². The van der Waals surface area contributed by atoms with Gasteiger partial charge in [-0.3, -0.25) is 9.59 Å². The van der Waals surface area contributed by atoms with Gasteiger partial charge in [0.25, 0.3) is 0 Å². The van der Waals surface area contributed by atoms with Gasteiger partial charge in [0.2, 0.25) is 0 Å². The number of carbonyl (C=O) groups is 2. The Bertz CT molecular complexity index is 2170. The van der Waals surface area contributed by atoms with Gasteiger partial charge in [-0.15, -0.1) is 22.7 Å². The Kier molecular flexibility index (Phi) is 9.58. The highest BCUT2D eigenvalue weighted by Gasteiger charge is 2.19. The third kappa shape index (κ3) is 6.17. The molecular weight excluding hydrogens is 620 g/mol. The fourth-order valence-corrected chi connectivity index (χ4v) is 7.35. The summed E-state index contributed by atoms with van der Waals surface area (Å²) in [5.41, 5.74) is 0.172. The van der Waals surface area contributed by atoms with Gasteiger partial charge in [-0.05, 0) is 69.3 Å². The van der Waals surface area contributed by atoms with Gasteiger partial charge in [0, 0.05) is 34.6 Å². The Labute approximate surface area is 265 Å². The van der Waals surface area contributed by atoms with Crippen molar-refractivity contribution in [2.45, 2.75) is 20.8 Å². The molecule has 0 bridgehead atoms. The second-order valence-corrected chi connectivity index (χ2v) is 12.0. The van der Waals surface area contributed by atoms with E-state index in [1.807, 2.05) is 43.3 Å². The second-order valence-electron chi connectivity index (χ2n) is 9.40.